The van der Waals surface area contributed by atoms with Crippen LogP contribution in [0.1, 0.15) is 5.56 Å². The number of hydrogen-bond acceptors (Lipinski definition) is 1. The van der Waals surface area contributed by atoms with Gasteiger partial charge in [0.1, 0.15) is 0 Å². The van der Waals surface area contributed by atoms with Crippen LogP contribution in [-0.2, 0) is 4.57 Å². The molecule has 0 spiro atoms. The fraction of sp³-hybridized carbons (Fsp3) is 0. The van der Waals surface area contributed by atoms with E-state index < -0.39 is 8.46 Å². The highest BCUT2D eigenvalue weighted by molar-refractivity contribution is 7.34. The monoisotopic (exact) mass is 149 g/mol. The summed E-state index contributed by atoms with van der Waals surface area (Å²) in [6.45, 7) is 0. The van der Waals surface area contributed by atoms with E-state index in [-0.39, 0.29) is 0 Å². The molecule has 0 N–H and O–H groups in total. The van der Waals surface area contributed by atoms with Crippen LogP contribution in [0.3, 0.4) is 0 Å². The normalized spacial score (nSPS) is 9.10. The van der Waals surface area contributed by atoms with Crippen LogP contribution in [0, 0.1) is 12.3 Å². The van der Waals surface area contributed by atoms with Crippen LogP contribution in [0.2, 0.25) is 0 Å². The molecule has 10 heavy (non-hydrogen) atoms. The Morgan fingerprint density at radius 3 is 2.30 bits per heavy atom. The van der Waals surface area contributed by atoms with Crippen molar-refractivity contribution in [2.75, 3.05) is 0 Å². The van der Waals surface area contributed by atoms with E-state index in [0.717, 1.165) is 10.9 Å². The summed E-state index contributed by atoms with van der Waals surface area (Å²) >= 11 is 0. The fourth-order valence-electron chi connectivity index (χ4n) is 0.634. The molecular formula is C8H6OP+. The molecule has 0 aliphatic rings. The van der Waals surface area contributed by atoms with Crippen molar-refractivity contribution in [2.24, 2.45) is 0 Å². The highest BCUT2D eigenvalue weighted by Gasteiger charge is 1.96. The molecule has 48 valence electrons. The van der Waals surface area contributed by atoms with Crippen molar-refractivity contribution in [1.82, 2.24) is 0 Å². The SMILES string of the molecule is C#Cc1ccc([PH+]=O)cc1. The molecule has 0 aliphatic heterocycles. The first-order valence-corrected chi connectivity index (χ1v) is 3.72. The lowest BCUT2D eigenvalue weighted by molar-refractivity contribution is 0.603. The van der Waals surface area contributed by atoms with E-state index in [1.54, 1.807) is 24.3 Å². The molecule has 2 heteroatoms. The van der Waals surface area contributed by atoms with Crippen LogP contribution in [0.4, 0.5) is 0 Å². The maximum absolute atomic E-state index is 10.3. The molecule has 1 atom stereocenters. The van der Waals surface area contributed by atoms with Crippen LogP contribution >= 0.6 is 8.46 Å². The number of terminal acetylenes is 1. The van der Waals surface area contributed by atoms with Gasteiger partial charge >= 0.3 is 8.46 Å². The Balaban J connectivity index is 3.04. The predicted octanol–water partition coefficient (Wildman–Crippen LogP) is 1.32. The van der Waals surface area contributed by atoms with Crippen LogP contribution in [0.15, 0.2) is 24.3 Å². The third-order valence-corrected chi connectivity index (χ3v) is 1.74. The first-order chi connectivity index (χ1) is 4.86. The number of hydrogen-bond donors (Lipinski definition) is 0. The van der Waals surface area contributed by atoms with E-state index in [0.29, 0.717) is 0 Å². The van der Waals surface area contributed by atoms with Crippen LogP contribution in [0.5, 0.6) is 0 Å². The summed E-state index contributed by atoms with van der Waals surface area (Å²) in [4.78, 5) is 0. The van der Waals surface area contributed by atoms with Crippen molar-refractivity contribution in [3.05, 3.63) is 29.8 Å². The Bertz CT molecular complexity index is 268. The van der Waals surface area contributed by atoms with Gasteiger partial charge < -0.3 is 0 Å². The first-order valence-electron chi connectivity index (χ1n) is 2.81. The zero-order valence-electron chi connectivity index (χ0n) is 5.29. The molecule has 1 aromatic carbocycles. The molecule has 0 saturated carbocycles. The second-order valence-corrected chi connectivity index (χ2v) is 2.61. The second-order valence-electron chi connectivity index (χ2n) is 1.82. The molecular weight excluding hydrogens is 143 g/mol. The quantitative estimate of drug-likeness (QED) is 0.434. The average molecular weight is 149 g/mol. The molecule has 1 aromatic rings. The maximum atomic E-state index is 10.3. The van der Waals surface area contributed by atoms with Gasteiger partial charge in [0.2, 0.25) is 0 Å². The Labute approximate surface area is 61.3 Å². The molecule has 0 fully saturated rings. The van der Waals surface area contributed by atoms with E-state index >= 15 is 0 Å². The van der Waals surface area contributed by atoms with E-state index in [1.807, 2.05) is 0 Å². The molecule has 0 amide bonds. The Morgan fingerprint density at radius 1 is 1.30 bits per heavy atom. The lowest BCUT2D eigenvalue weighted by Gasteiger charge is -1.84. The topological polar surface area (TPSA) is 17.1 Å². The molecule has 0 radical (unpaired) electrons. The van der Waals surface area contributed by atoms with E-state index in [9.17, 15) is 4.57 Å². The molecule has 0 aromatic heterocycles. The van der Waals surface area contributed by atoms with Gasteiger partial charge in [-0.05, 0) is 24.3 Å². The molecule has 1 unspecified atom stereocenters. The largest absolute Gasteiger partial charge is 0.363 e. The minimum Gasteiger partial charge on any atom is -0.115 e. The fourth-order valence-corrected chi connectivity index (χ4v) is 0.937. The molecule has 0 heterocycles. The predicted molar refractivity (Wildman–Crippen MR) is 43.0 cm³/mol. The van der Waals surface area contributed by atoms with Crippen LogP contribution < -0.4 is 5.30 Å². The molecule has 0 saturated heterocycles. The van der Waals surface area contributed by atoms with Crippen LogP contribution in [-0.4, -0.2) is 0 Å². The summed E-state index contributed by atoms with van der Waals surface area (Å²) in [6, 6.07) is 7.09. The molecule has 1 rings (SSSR count). The number of benzene rings is 1. The second kappa shape index (κ2) is 3.15. The first kappa shape index (κ1) is 6.99. The van der Waals surface area contributed by atoms with Gasteiger partial charge in [-0.2, -0.15) is 0 Å². The van der Waals surface area contributed by atoms with E-state index in [1.165, 1.54) is 0 Å². The summed E-state index contributed by atoms with van der Waals surface area (Å²) in [5, 5.41) is 0.805. The number of rotatable bonds is 1. The van der Waals surface area contributed by atoms with Gasteiger partial charge in [-0.1, -0.05) is 10.5 Å². The van der Waals surface area contributed by atoms with Crippen molar-refractivity contribution in [1.29, 1.82) is 0 Å². The van der Waals surface area contributed by atoms with Gasteiger partial charge in [-0.3, -0.25) is 0 Å². The van der Waals surface area contributed by atoms with Gasteiger partial charge in [-0.15, -0.1) is 6.42 Å². The summed E-state index contributed by atoms with van der Waals surface area (Å²) < 4.78 is 10.3. The molecule has 1 nitrogen and oxygen atoms in total. The van der Waals surface area contributed by atoms with E-state index in [4.69, 9.17) is 6.42 Å². The van der Waals surface area contributed by atoms with Gasteiger partial charge in [0.15, 0.2) is 5.30 Å². The Hall–Kier alpha value is -1.12. The zero-order valence-corrected chi connectivity index (χ0v) is 6.29. The highest BCUT2D eigenvalue weighted by atomic mass is 31.1. The Kier molecular flexibility index (Phi) is 2.20. The maximum Gasteiger partial charge on any atom is 0.363 e. The third kappa shape index (κ3) is 1.43. The average Bonchev–Trinajstić information content (AvgIpc) is 2.05. The van der Waals surface area contributed by atoms with Crippen molar-refractivity contribution in [3.63, 3.8) is 0 Å². The minimum atomic E-state index is -0.391. The zero-order chi connectivity index (χ0) is 7.40. The lowest BCUT2D eigenvalue weighted by atomic mass is 10.2. The van der Waals surface area contributed by atoms with E-state index in [2.05, 4.69) is 5.92 Å². The van der Waals surface area contributed by atoms with Crippen molar-refractivity contribution in [2.45, 2.75) is 0 Å². The minimum absolute atomic E-state index is 0.391. The van der Waals surface area contributed by atoms with Crippen LogP contribution in [0.25, 0.3) is 0 Å². The van der Waals surface area contributed by atoms with Crippen molar-refractivity contribution >= 4 is 13.8 Å². The Morgan fingerprint density at radius 2 is 1.90 bits per heavy atom. The van der Waals surface area contributed by atoms with Gasteiger partial charge in [0.05, 0.1) is 0 Å². The van der Waals surface area contributed by atoms with Crippen molar-refractivity contribution < 1.29 is 4.57 Å². The van der Waals surface area contributed by atoms with Crippen molar-refractivity contribution in [3.8, 4) is 12.3 Å². The smallest absolute Gasteiger partial charge is 0.115 e. The highest BCUT2D eigenvalue weighted by Crippen LogP contribution is 1.98. The molecule has 0 bridgehead atoms. The standard InChI is InChI=1S/C8H5OP/c1-2-7-3-5-8(10-9)6-4-7/h1,3-6H/p+1. The van der Waals surface area contributed by atoms with Gasteiger partial charge in [0, 0.05) is 5.56 Å². The summed E-state index contributed by atoms with van der Waals surface area (Å²) in [6.07, 6.45) is 5.12. The lowest BCUT2D eigenvalue weighted by Crippen LogP contribution is -1.88. The summed E-state index contributed by atoms with van der Waals surface area (Å²) in [5.41, 5.74) is 0.821. The van der Waals surface area contributed by atoms with Gasteiger partial charge in [-0.25, -0.2) is 0 Å². The summed E-state index contributed by atoms with van der Waals surface area (Å²) in [5.74, 6) is 2.48. The molecule has 0 aliphatic carbocycles. The third-order valence-electron chi connectivity index (χ3n) is 1.17. The summed E-state index contributed by atoms with van der Waals surface area (Å²) in [7, 11) is -0.391. The van der Waals surface area contributed by atoms with Gasteiger partial charge in [0.25, 0.3) is 0 Å².